The molecule has 0 aliphatic carbocycles. The number of carboxylic acid groups (broad SMARTS) is 1. The highest BCUT2D eigenvalue weighted by atomic mass is 16.7. The third-order valence-electron chi connectivity index (χ3n) is 3.93. The predicted molar refractivity (Wildman–Crippen MR) is 58.7 cm³/mol. The largest absolute Gasteiger partial charge is 0.480 e. The summed E-state index contributed by atoms with van der Waals surface area (Å²) in [5, 5.41) is 9.46. The minimum absolute atomic E-state index is 0.492. The standard InChI is InChI=1S/C11H19NO5/c1-15-11(16-2)7-12(8-11)10(9(13)14)3-5-17-6-4-10/h3-8H2,1-2H3,(H,13,14). The van der Waals surface area contributed by atoms with Crippen LogP contribution in [0, 0.1) is 0 Å². The van der Waals surface area contributed by atoms with Crippen LogP contribution in [0.1, 0.15) is 12.8 Å². The van der Waals surface area contributed by atoms with Crippen LogP contribution in [-0.4, -0.2) is 67.8 Å². The van der Waals surface area contributed by atoms with Gasteiger partial charge in [-0.1, -0.05) is 0 Å². The van der Waals surface area contributed by atoms with Crippen molar-refractivity contribution in [1.82, 2.24) is 4.90 Å². The Morgan fingerprint density at radius 2 is 1.76 bits per heavy atom. The zero-order valence-corrected chi connectivity index (χ0v) is 10.3. The molecule has 1 N–H and O–H groups in total. The molecular formula is C11H19NO5. The highest BCUT2D eigenvalue weighted by Gasteiger charge is 2.56. The second-order valence-corrected chi connectivity index (χ2v) is 4.62. The lowest BCUT2D eigenvalue weighted by Crippen LogP contribution is -2.73. The Balaban J connectivity index is 2.08. The molecule has 2 aliphatic heterocycles. The minimum Gasteiger partial charge on any atom is -0.480 e. The maximum Gasteiger partial charge on any atom is 0.324 e. The van der Waals surface area contributed by atoms with Gasteiger partial charge in [-0.05, 0) is 12.8 Å². The number of aliphatic carboxylic acids is 1. The van der Waals surface area contributed by atoms with Gasteiger partial charge < -0.3 is 19.3 Å². The number of hydrogen-bond acceptors (Lipinski definition) is 5. The lowest BCUT2D eigenvalue weighted by atomic mass is 9.84. The molecule has 98 valence electrons. The van der Waals surface area contributed by atoms with Gasteiger partial charge in [0.2, 0.25) is 0 Å². The zero-order valence-electron chi connectivity index (χ0n) is 10.3. The Labute approximate surface area is 100 Å². The maximum absolute atomic E-state index is 11.5. The van der Waals surface area contributed by atoms with Crippen molar-refractivity contribution < 1.29 is 24.1 Å². The molecule has 0 atom stereocenters. The molecule has 0 bridgehead atoms. The van der Waals surface area contributed by atoms with E-state index in [9.17, 15) is 9.90 Å². The summed E-state index contributed by atoms with van der Waals surface area (Å²) in [7, 11) is 3.16. The summed E-state index contributed by atoms with van der Waals surface area (Å²) in [6.07, 6.45) is 1.04. The van der Waals surface area contributed by atoms with E-state index in [-0.39, 0.29) is 0 Å². The number of carboxylic acids is 1. The summed E-state index contributed by atoms with van der Waals surface area (Å²) in [6.45, 7) is 1.98. The summed E-state index contributed by atoms with van der Waals surface area (Å²) in [5.41, 5.74) is -0.807. The molecule has 0 spiro atoms. The van der Waals surface area contributed by atoms with Crippen molar-refractivity contribution >= 4 is 5.97 Å². The van der Waals surface area contributed by atoms with Gasteiger partial charge in [0.15, 0.2) is 5.79 Å². The highest BCUT2D eigenvalue weighted by Crippen LogP contribution is 2.37. The number of hydrogen-bond donors (Lipinski definition) is 1. The van der Waals surface area contributed by atoms with Gasteiger partial charge >= 0.3 is 5.97 Å². The quantitative estimate of drug-likeness (QED) is 0.699. The van der Waals surface area contributed by atoms with Crippen LogP contribution in [0.2, 0.25) is 0 Å². The van der Waals surface area contributed by atoms with Gasteiger partial charge in [0.05, 0.1) is 13.1 Å². The van der Waals surface area contributed by atoms with Crippen LogP contribution in [0.15, 0.2) is 0 Å². The molecule has 0 aromatic carbocycles. The molecule has 0 saturated carbocycles. The van der Waals surface area contributed by atoms with Crippen molar-refractivity contribution in [3.63, 3.8) is 0 Å². The zero-order chi connectivity index (χ0) is 12.5. The van der Waals surface area contributed by atoms with E-state index in [1.807, 2.05) is 4.90 Å². The van der Waals surface area contributed by atoms with Gasteiger partial charge in [-0.2, -0.15) is 0 Å². The van der Waals surface area contributed by atoms with Crippen molar-refractivity contribution in [3.05, 3.63) is 0 Å². The van der Waals surface area contributed by atoms with Gasteiger partial charge in [-0.3, -0.25) is 9.69 Å². The molecule has 2 saturated heterocycles. The molecule has 17 heavy (non-hydrogen) atoms. The number of rotatable bonds is 4. The molecule has 0 radical (unpaired) electrons. The molecule has 6 nitrogen and oxygen atoms in total. The van der Waals surface area contributed by atoms with Crippen LogP contribution in [0.25, 0.3) is 0 Å². The first-order valence-electron chi connectivity index (χ1n) is 5.75. The molecule has 0 aromatic rings. The lowest BCUT2D eigenvalue weighted by molar-refractivity contribution is -0.295. The summed E-state index contributed by atoms with van der Waals surface area (Å²) in [4.78, 5) is 13.4. The molecule has 0 unspecified atom stereocenters. The van der Waals surface area contributed by atoms with Crippen molar-refractivity contribution in [2.45, 2.75) is 24.2 Å². The van der Waals surface area contributed by atoms with E-state index in [1.165, 1.54) is 0 Å². The average molecular weight is 245 g/mol. The molecule has 0 amide bonds. The molecule has 2 aliphatic rings. The van der Waals surface area contributed by atoms with E-state index in [0.29, 0.717) is 39.1 Å². The fraction of sp³-hybridized carbons (Fsp3) is 0.909. The van der Waals surface area contributed by atoms with Crippen LogP contribution >= 0.6 is 0 Å². The first-order valence-corrected chi connectivity index (χ1v) is 5.75. The number of carbonyl (C=O) groups is 1. The van der Waals surface area contributed by atoms with E-state index in [2.05, 4.69) is 0 Å². The Morgan fingerprint density at radius 3 is 2.18 bits per heavy atom. The predicted octanol–water partition coefficient (Wildman–Crippen LogP) is -0.0751. The summed E-state index contributed by atoms with van der Waals surface area (Å²) in [5.74, 6) is -1.41. The summed E-state index contributed by atoms with van der Waals surface area (Å²) >= 11 is 0. The Kier molecular flexibility index (Phi) is 3.40. The monoisotopic (exact) mass is 245 g/mol. The number of likely N-dealkylation sites (tertiary alicyclic amines) is 1. The third kappa shape index (κ3) is 1.95. The summed E-state index contributed by atoms with van der Waals surface area (Å²) < 4.78 is 15.8. The average Bonchev–Trinajstić information content (AvgIpc) is 2.30. The molecule has 2 fully saturated rings. The Morgan fingerprint density at radius 1 is 1.24 bits per heavy atom. The second kappa shape index (κ2) is 4.53. The SMILES string of the molecule is COC1(OC)CN(C2(C(=O)O)CCOCC2)C1. The third-order valence-corrected chi connectivity index (χ3v) is 3.93. The number of ether oxygens (including phenoxy) is 3. The van der Waals surface area contributed by atoms with Crippen molar-refractivity contribution in [1.29, 1.82) is 0 Å². The van der Waals surface area contributed by atoms with Gasteiger partial charge in [0.25, 0.3) is 0 Å². The Hall–Kier alpha value is -0.690. The smallest absolute Gasteiger partial charge is 0.324 e. The topological polar surface area (TPSA) is 68.2 Å². The molecule has 2 heterocycles. The van der Waals surface area contributed by atoms with E-state index < -0.39 is 17.3 Å². The van der Waals surface area contributed by atoms with Crippen LogP contribution in [-0.2, 0) is 19.0 Å². The Bertz CT molecular complexity index is 288. The molecule has 0 aromatic heterocycles. The van der Waals surface area contributed by atoms with Crippen molar-refractivity contribution in [3.8, 4) is 0 Å². The van der Waals surface area contributed by atoms with E-state index >= 15 is 0 Å². The fourth-order valence-corrected chi connectivity index (χ4v) is 2.55. The molecule has 2 rings (SSSR count). The van der Waals surface area contributed by atoms with Crippen LogP contribution in [0.5, 0.6) is 0 Å². The fourth-order valence-electron chi connectivity index (χ4n) is 2.55. The number of nitrogens with zero attached hydrogens (tertiary/aromatic N) is 1. The molecular weight excluding hydrogens is 226 g/mol. The van der Waals surface area contributed by atoms with Crippen LogP contribution in [0.4, 0.5) is 0 Å². The van der Waals surface area contributed by atoms with Crippen molar-refractivity contribution in [2.75, 3.05) is 40.5 Å². The minimum atomic E-state index is -0.807. The lowest BCUT2D eigenvalue weighted by Gasteiger charge is -2.55. The van der Waals surface area contributed by atoms with Gasteiger partial charge in [-0.15, -0.1) is 0 Å². The highest BCUT2D eigenvalue weighted by molar-refractivity contribution is 5.79. The van der Waals surface area contributed by atoms with E-state index in [4.69, 9.17) is 14.2 Å². The van der Waals surface area contributed by atoms with E-state index in [1.54, 1.807) is 14.2 Å². The maximum atomic E-state index is 11.5. The van der Waals surface area contributed by atoms with Crippen LogP contribution in [0.3, 0.4) is 0 Å². The first-order chi connectivity index (χ1) is 8.08. The number of methoxy groups -OCH3 is 2. The van der Waals surface area contributed by atoms with Crippen molar-refractivity contribution in [2.24, 2.45) is 0 Å². The first kappa shape index (κ1) is 12.8. The van der Waals surface area contributed by atoms with E-state index in [0.717, 1.165) is 0 Å². The van der Waals surface area contributed by atoms with Gasteiger partial charge in [0, 0.05) is 27.4 Å². The van der Waals surface area contributed by atoms with Crippen LogP contribution < -0.4 is 0 Å². The molecule has 6 heteroatoms. The normalized spacial score (nSPS) is 27.4. The second-order valence-electron chi connectivity index (χ2n) is 4.62. The van der Waals surface area contributed by atoms with Gasteiger partial charge in [0.1, 0.15) is 5.54 Å². The summed E-state index contributed by atoms with van der Waals surface area (Å²) in [6, 6.07) is 0. The van der Waals surface area contributed by atoms with Gasteiger partial charge in [-0.25, -0.2) is 0 Å².